The van der Waals surface area contributed by atoms with Gasteiger partial charge in [0.1, 0.15) is 0 Å². The van der Waals surface area contributed by atoms with Gasteiger partial charge in [-0.25, -0.2) is 4.98 Å². The summed E-state index contributed by atoms with van der Waals surface area (Å²) in [7, 11) is 0. The molecule has 4 rings (SSSR count). The summed E-state index contributed by atoms with van der Waals surface area (Å²) < 4.78 is 1.85. The van der Waals surface area contributed by atoms with E-state index in [2.05, 4.69) is 40.0 Å². The number of hydrogen-bond acceptors (Lipinski definition) is 4. The largest absolute Gasteiger partial charge is 0.278 e. The molecule has 140 valence electrons. The number of benzene rings is 2. The number of carbonyl (C=O) groups is 1. The number of rotatable bonds is 5. The Kier molecular flexibility index (Phi) is 5.50. The molecule has 0 aliphatic heterocycles. The zero-order valence-corrected chi connectivity index (χ0v) is 17.7. The lowest BCUT2D eigenvalue weighted by molar-refractivity contribution is 0.0984. The van der Waals surface area contributed by atoms with Crippen LogP contribution in [0.1, 0.15) is 28.5 Å². The minimum atomic E-state index is -0.102. The number of nitrogens with zero attached hydrogens (tertiary/aromatic N) is 3. The summed E-state index contributed by atoms with van der Waals surface area (Å²) in [5.41, 5.74) is 3.58. The van der Waals surface area contributed by atoms with Crippen molar-refractivity contribution in [3.05, 3.63) is 88.2 Å². The molecular weight excluding hydrogens is 434 g/mol. The molecule has 4 aromatic rings. The minimum Gasteiger partial charge on any atom is -0.278 e. The molecular formula is C22H18BrN3OS. The molecule has 2 aromatic carbocycles. The lowest BCUT2D eigenvalue weighted by Crippen LogP contribution is -2.31. The first-order valence-corrected chi connectivity index (χ1v) is 10.6. The molecule has 0 saturated heterocycles. The Balaban J connectivity index is 1.81. The van der Waals surface area contributed by atoms with Gasteiger partial charge >= 0.3 is 0 Å². The maximum absolute atomic E-state index is 13.4. The quantitative estimate of drug-likeness (QED) is 0.381. The maximum Gasteiger partial charge on any atom is 0.261 e. The lowest BCUT2D eigenvalue weighted by Gasteiger charge is -2.20. The van der Waals surface area contributed by atoms with Gasteiger partial charge in [-0.3, -0.25) is 14.7 Å². The molecule has 0 saturated carbocycles. The summed E-state index contributed by atoms with van der Waals surface area (Å²) in [5.74, 6) is -0.102. The summed E-state index contributed by atoms with van der Waals surface area (Å²) in [6, 6.07) is 19.4. The Hall–Kier alpha value is -2.57. The van der Waals surface area contributed by atoms with Crippen LogP contribution in [0.25, 0.3) is 10.2 Å². The molecule has 0 N–H and O–H groups in total. The second-order valence-corrected chi connectivity index (χ2v) is 8.17. The molecule has 0 radical (unpaired) electrons. The van der Waals surface area contributed by atoms with Gasteiger partial charge in [0, 0.05) is 10.7 Å². The lowest BCUT2D eigenvalue weighted by atomic mass is 10.1. The van der Waals surface area contributed by atoms with Crippen molar-refractivity contribution in [1.82, 2.24) is 9.97 Å². The summed E-state index contributed by atoms with van der Waals surface area (Å²) >= 11 is 5.03. The van der Waals surface area contributed by atoms with Gasteiger partial charge in [-0.15, -0.1) is 0 Å². The maximum atomic E-state index is 13.4. The van der Waals surface area contributed by atoms with Crippen molar-refractivity contribution in [2.75, 3.05) is 4.90 Å². The van der Waals surface area contributed by atoms with Crippen molar-refractivity contribution in [2.24, 2.45) is 0 Å². The van der Waals surface area contributed by atoms with Crippen LogP contribution in [-0.4, -0.2) is 15.9 Å². The van der Waals surface area contributed by atoms with Crippen LogP contribution >= 0.6 is 27.3 Å². The average molecular weight is 452 g/mol. The normalized spacial score (nSPS) is 10.9. The molecule has 0 unspecified atom stereocenters. The van der Waals surface area contributed by atoms with Crippen LogP contribution in [0, 0.1) is 0 Å². The first-order chi connectivity index (χ1) is 13.7. The van der Waals surface area contributed by atoms with Crippen LogP contribution < -0.4 is 4.90 Å². The van der Waals surface area contributed by atoms with E-state index in [0.717, 1.165) is 26.8 Å². The number of thiazole rings is 1. The Morgan fingerprint density at radius 2 is 1.89 bits per heavy atom. The molecule has 0 aliphatic carbocycles. The van der Waals surface area contributed by atoms with Crippen LogP contribution in [-0.2, 0) is 13.0 Å². The molecule has 0 spiro atoms. The van der Waals surface area contributed by atoms with E-state index >= 15 is 0 Å². The van der Waals surface area contributed by atoms with Crippen molar-refractivity contribution < 1.29 is 4.79 Å². The summed E-state index contributed by atoms with van der Waals surface area (Å²) in [6.07, 6.45) is 2.64. The number of pyridine rings is 1. The molecule has 0 fully saturated rings. The minimum absolute atomic E-state index is 0.102. The summed E-state index contributed by atoms with van der Waals surface area (Å²) in [6.45, 7) is 2.48. The number of amides is 1. The number of aryl methyl sites for hydroxylation is 1. The third-order valence-electron chi connectivity index (χ3n) is 4.50. The number of hydrogen-bond donors (Lipinski definition) is 0. The molecule has 0 bridgehead atoms. The Morgan fingerprint density at radius 1 is 1.07 bits per heavy atom. The van der Waals surface area contributed by atoms with E-state index in [9.17, 15) is 4.79 Å². The van der Waals surface area contributed by atoms with E-state index in [1.807, 2.05) is 48.5 Å². The van der Waals surface area contributed by atoms with Gasteiger partial charge in [0.05, 0.1) is 28.0 Å². The van der Waals surface area contributed by atoms with Crippen molar-refractivity contribution in [3.8, 4) is 0 Å². The van der Waals surface area contributed by atoms with E-state index < -0.39 is 0 Å². The van der Waals surface area contributed by atoms with Crippen LogP contribution in [0.4, 0.5) is 5.13 Å². The number of halogens is 1. The fraction of sp³-hybridized carbons (Fsp3) is 0.136. The molecule has 6 heteroatoms. The number of anilines is 1. The highest BCUT2D eigenvalue weighted by Crippen LogP contribution is 2.33. The molecule has 0 aliphatic rings. The summed E-state index contributed by atoms with van der Waals surface area (Å²) in [4.78, 5) is 24.4. The van der Waals surface area contributed by atoms with Gasteiger partial charge in [-0.2, -0.15) is 0 Å². The highest BCUT2D eigenvalue weighted by atomic mass is 79.9. The molecule has 28 heavy (non-hydrogen) atoms. The number of aromatic nitrogens is 2. The second-order valence-electron chi connectivity index (χ2n) is 6.31. The third-order valence-corrected chi connectivity index (χ3v) is 6.23. The second kappa shape index (κ2) is 8.20. The molecule has 0 atom stereocenters. The predicted molar refractivity (Wildman–Crippen MR) is 118 cm³/mol. The van der Waals surface area contributed by atoms with Crippen molar-refractivity contribution in [1.29, 1.82) is 0 Å². The Labute approximate surface area is 176 Å². The van der Waals surface area contributed by atoms with Gasteiger partial charge in [0.15, 0.2) is 5.13 Å². The Morgan fingerprint density at radius 3 is 2.64 bits per heavy atom. The van der Waals surface area contributed by atoms with Gasteiger partial charge in [-0.1, -0.05) is 48.6 Å². The molecule has 1 amide bonds. The number of para-hydroxylation sites is 1. The summed E-state index contributed by atoms with van der Waals surface area (Å²) in [5, 5.41) is 0.683. The van der Waals surface area contributed by atoms with Crippen molar-refractivity contribution >= 4 is 48.5 Å². The van der Waals surface area contributed by atoms with E-state index in [-0.39, 0.29) is 5.91 Å². The van der Waals surface area contributed by atoms with Gasteiger partial charge in [0.2, 0.25) is 0 Å². The van der Waals surface area contributed by atoms with E-state index in [1.54, 1.807) is 11.1 Å². The van der Waals surface area contributed by atoms with Gasteiger partial charge in [0.25, 0.3) is 5.91 Å². The van der Waals surface area contributed by atoms with E-state index in [1.165, 1.54) is 16.9 Å². The SMILES string of the molecule is CCc1cccc2sc(N(Cc3ccccn3)C(=O)c3ccccc3Br)nc12. The fourth-order valence-corrected chi connectivity index (χ4v) is 4.52. The van der Waals surface area contributed by atoms with Gasteiger partial charge in [-0.05, 0) is 58.2 Å². The smallest absolute Gasteiger partial charge is 0.261 e. The topological polar surface area (TPSA) is 46.1 Å². The molecule has 2 aromatic heterocycles. The molecule has 4 nitrogen and oxygen atoms in total. The van der Waals surface area contributed by atoms with Crippen LogP contribution in [0.3, 0.4) is 0 Å². The van der Waals surface area contributed by atoms with Crippen LogP contribution in [0.2, 0.25) is 0 Å². The zero-order valence-electron chi connectivity index (χ0n) is 15.3. The third kappa shape index (κ3) is 3.70. The monoisotopic (exact) mass is 451 g/mol. The first-order valence-electron chi connectivity index (χ1n) is 9.02. The number of carbonyl (C=O) groups excluding carboxylic acids is 1. The Bertz CT molecular complexity index is 1130. The fourth-order valence-electron chi connectivity index (χ4n) is 3.05. The van der Waals surface area contributed by atoms with E-state index in [4.69, 9.17) is 4.98 Å². The highest BCUT2D eigenvalue weighted by Gasteiger charge is 2.24. The van der Waals surface area contributed by atoms with E-state index in [0.29, 0.717) is 17.2 Å². The number of fused-ring (bicyclic) bond motifs is 1. The zero-order chi connectivity index (χ0) is 19.5. The van der Waals surface area contributed by atoms with Crippen LogP contribution in [0.15, 0.2) is 71.3 Å². The van der Waals surface area contributed by atoms with Crippen molar-refractivity contribution in [2.45, 2.75) is 19.9 Å². The average Bonchev–Trinajstić information content (AvgIpc) is 3.16. The van der Waals surface area contributed by atoms with Gasteiger partial charge < -0.3 is 0 Å². The predicted octanol–water partition coefficient (Wildman–Crippen LogP) is 5.86. The first kappa shape index (κ1) is 18.8. The standard InChI is InChI=1S/C22H18BrN3OS/c1-2-15-8-7-12-19-20(15)25-22(28-19)26(14-16-9-5-6-13-24-16)21(27)17-10-3-4-11-18(17)23/h3-13H,2,14H2,1H3. The van der Waals surface area contributed by atoms with Crippen LogP contribution in [0.5, 0.6) is 0 Å². The van der Waals surface area contributed by atoms with Crippen molar-refractivity contribution in [3.63, 3.8) is 0 Å². The highest BCUT2D eigenvalue weighted by molar-refractivity contribution is 9.10. The molecule has 2 heterocycles.